The van der Waals surface area contributed by atoms with Crippen LogP contribution in [-0.4, -0.2) is 25.0 Å². The normalized spacial score (nSPS) is 14.8. The number of carbonyl (C=O) groups is 2. The third-order valence-corrected chi connectivity index (χ3v) is 3.20. The maximum Gasteiger partial charge on any atom is 0.263 e. The molecule has 1 aliphatic rings. The minimum absolute atomic E-state index is 0.169. The Hall–Kier alpha value is -2.23. The molecule has 0 saturated heterocycles. The Morgan fingerprint density at radius 2 is 1.95 bits per heavy atom. The van der Waals surface area contributed by atoms with Crippen molar-refractivity contribution in [2.45, 2.75) is 20.3 Å². The van der Waals surface area contributed by atoms with Gasteiger partial charge in [0, 0.05) is 25.4 Å². The molecule has 0 N–H and O–H groups in total. The summed E-state index contributed by atoms with van der Waals surface area (Å²) in [7, 11) is 1.68. The zero-order chi connectivity index (χ0) is 14.0. The van der Waals surface area contributed by atoms with E-state index in [1.165, 1.54) is 4.90 Å². The lowest BCUT2D eigenvalue weighted by Gasteiger charge is -2.21. The molecule has 1 heterocycles. The van der Waals surface area contributed by atoms with E-state index in [0.29, 0.717) is 5.70 Å². The number of para-hydroxylation sites is 1. The van der Waals surface area contributed by atoms with Crippen molar-refractivity contribution in [2.24, 2.45) is 4.99 Å². The molecule has 4 heteroatoms. The van der Waals surface area contributed by atoms with Gasteiger partial charge >= 0.3 is 0 Å². The maximum atomic E-state index is 12.4. The number of likely N-dealkylation sites (N-methyl/N-ethyl adjacent to an activating group) is 1. The second kappa shape index (κ2) is 5.18. The van der Waals surface area contributed by atoms with Gasteiger partial charge in [0.15, 0.2) is 5.78 Å². The molecular weight excluding hydrogens is 240 g/mol. The van der Waals surface area contributed by atoms with Gasteiger partial charge in [0.2, 0.25) is 0 Å². The molecule has 1 aliphatic heterocycles. The standard InChI is InChI=1S/C15H16N2O2/c1-10-6-4-5-7-12(10)17(3)15(19)14-11(2)16-9-8-13(14)18/h4-7,9H,8H2,1-3H3. The Morgan fingerprint density at radius 1 is 1.26 bits per heavy atom. The molecule has 0 radical (unpaired) electrons. The Bertz CT molecular complexity index is 600. The number of nitrogens with zero attached hydrogens (tertiary/aromatic N) is 2. The second-order valence-electron chi connectivity index (χ2n) is 4.55. The summed E-state index contributed by atoms with van der Waals surface area (Å²) in [6, 6.07) is 7.58. The predicted octanol–water partition coefficient (Wildman–Crippen LogP) is 2.28. The molecule has 0 fully saturated rings. The molecule has 0 bridgehead atoms. The fourth-order valence-electron chi connectivity index (χ4n) is 2.12. The first-order valence-corrected chi connectivity index (χ1v) is 6.12. The molecule has 1 aromatic carbocycles. The number of hydrogen-bond acceptors (Lipinski definition) is 3. The van der Waals surface area contributed by atoms with E-state index in [-0.39, 0.29) is 23.7 Å². The largest absolute Gasteiger partial charge is 0.311 e. The van der Waals surface area contributed by atoms with E-state index in [0.717, 1.165) is 11.3 Å². The summed E-state index contributed by atoms with van der Waals surface area (Å²) < 4.78 is 0. The van der Waals surface area contributed by atoms with Crippen LogP contribution in [0.4, 0.5) is 5.69 Å². The van der Waals surface area contributed by atoms with Crippen molar-refractivity contribution < 1.29 is 9.59 Å². The summed E-state index contributed by atoms with van der Waals surface area (Å²) in [5.41, 5.74) is 2.47. The number of ketones is 1. The van der Waals surface area contributed by atoms with Crippen LogP contribution in [-0.2, 0) is 9.59 Å². The summed E-state index contributed by atoms with van der Waals surface area (Å²) >= 11 is 0. The van der Waals surface area contributed by atoms with Crippen molar-refractivity contribution in [3.63, 3.8) is 0 Å². The van der Waals surface area contributed by atoms with E-state index < -0.39 is 0 Å². The van der Waals surface area contributed by atoms with Crippen LogP contribution in [0.1, 0.15) is 18.9 Å². The van der Waals surface area contributed by atoms with Gasteiger partial charge in [0.25, 0.3) is 5.91 Å². The van der Waals surface area contributed by atoms with Crippen molar-refractivity contribution in [2.75, 3.05) is 11.9 Å². The molecule has 2 rings (SSSR count). The van der Waals surface area contributed by atoms with Gasteiger partial charge in [-0.05, 0) is 25.5 Å². The predicted molar refractivity (Wildman–Crippen MR) is 75.4 cm³/mol. The molecule has 0 spiro atoms. The lowest BCUT2D eigenvalue weighted by atomic mass is 10.0. The van der Waals surface area contributed by atoms with Crippen LogP contribution >= 0.6 is 0 Å². The van der Waals surface area contributed by atoms with Crippen LogP contribution in [0.2, 0.25) is 0 Å². The average molecular weight is 256 g/mol. The van der Waals surface area contributed by atoms with Crippen molar-refractivity contribution in [1.82, 2.24) is 0 Å². The highest BCUT2D eigenvalue weighted by molar-refractivity contribution is 6.27. The molecule has 0 saturated carbocycles. The number of carbonyl (C=O) groups excluding carboxylic acids is 2. The van der Waals surface area contributed by atoms with Crippen molar-refractivity contribution in [3.05, 3.63) is 41.1 Å². The van der Waals surface area contributed by atoms with Crippen LogP contribution in [0.15, 0.2) is 40.5 Å². The second-order valence-corrected chi connectivity index (χ2v) is 4.55. The van der Waals surface area contributed by atoms with E-state index in [9.17, 15) is 9.59 Å². The molecule has 4 nitrogen and oxygen atoms in total. The minimum atomic E-state index is -0.298. The molecule has 1 aromatic rings. The summed E-state index contributed by atoms with van der Waals surface area (Å²) in [6.45, 7) is 3.62. The van der Waals surface area contributed by atoms with Gasteiger partial charge in [-0.15, -0.1) is 0 Å². The Labute approximate surface area is 112 Å². The van der Waals surface area contributed by atoms with E-state index >= 15 is 0 Å². The van der Waals surface area contributed by atoms with Gasteiger partial charge in [-0.1, -0.05) is 18.2 Å². The van der Waals surface area contributed by atoms with Gasteiger partial charge in [-0.25, -0.2) is 0 Å². The van der Waals surface area contributed by atoms with E-state index in [2.05, 4.69) is 4.99 Å². The van der Waals surface area contributed by atoms with E-state index in [1.54, 1.807) is 20.2 Å². The Balaban J connectivity index is 2.37. The quantitative estimate of drug-likeness (QED) is 0.762. The molecule has 0 unspecified atom stereocenters. The van der Waals surface area contributed by atoms with Gasteiger partial charge in [-0.2, -0.15) is 0 Å². The fraction of sp³-hybridized carbons (Fsp3) is 0.267. The van der Waals surface area contributed by atoms with Gasteiger partial charge < -0.3 is 4.90 Å². The summed E-state index contributed by atoms with van der Waals surface area (Å²) in [6.07, 6.45) is 1.74. The van der Waals surface area contributed by atoms with Crippen LogP contribution in [0.5, 0.6) is 0 Å². The van der Waals surface area contributed by atoms with Crippen molar-refractivity contribution >= 4 is 23.6 Å². The number of Topliss-reactive ketones (excluding diaryl/α,β-unsaturated/α-hetero) is 1. The first-order chi connectivity index (χ1) is 9.02. The molecular formula is C15H16N2O2. The lowest BCUT2D eigenvalue weighted by molar-refractivity contribution is -0.120. The molecule has 0 aromatic heterocycles. The highest BCUT2D eigenvalue weighted by atomic mass is 16.2. The maximum absolute atomic E-state index is 12.4. The van der Waals surface area contributed by atoms with Crippen molar-refractivity contribution in [1.29, 1.82) is 0 Å². The highest BCUT2D eigenvalue weighted by Crippen LogP contribution is 2.22. The van der Waals surface area contributed by atoms with Gasteiger partial charge in [-0.3, -0.25) is 14.6 Å². The number of amides is 1. The zero-order valence-corrected chi connectivity index (χ0v) is 11.3. The Morgan fingerprint density at radius 3 is 2.58 bits per heavy atom. The molecule has 98 valence electrons. The minimum Gasteiger partial charge on any atom is -0.311 e. The number of hydrogen-bond donors (Lipinski definition) is 0. The van der Waals surface area contributed by atoms with Crippen LogP contribution in [0, 0.1) is 6.92 Å². The Kier molecular flexibility index (Phi) is 3.60. The SMILES string of the molecule is CC1=C(C(=O)N(C)c2ccccc2C)C(=O)CC=N1. The zero-order valence-electron chi connectivity index (χ0n) is 11.3. The number of rotatable bonds is 2. The first kappa shape index (κ1) is 13.2. The summed E-state index contributed by atoms with van der Waals surface area (Å²) in [5.74, 6) is -0.466. The van der Waals surface area contributed by atoms with E-state index in [4.69, 9.17) is 0 Å². The van der Waals surface area contributed by atoms with E-state index in [1.807, 2.05) is 31.2 Å². The lowest BCUT2D eigenvalue weighted by Crippen LogP contribution is -2.32. The first-order valence-electron chi connectivity index (χ1n) is 6.12. The number of allylic oxidation sites excluding steroid dienone is 1. The van der Waals surface area contributed by atoms with Gasteiger partial charge in [0.05, 0.1) is 5.70 Å². The summed E-state index contributed by atoms with van der Waals surface area (Å²) in [4.78, 5) is 29.9. The number of anilines is 1. The highest BCUT2D eigenvalue weighted by Gasteiger charge is 2.26. The van der Waals surface area contributed by atoms with Crippen LogP contribution < -0.4 is 4.90 Å². The molecule has 1 amide bonds. The molecule has 19 heavy (non-hydrogen) atoms. The van der Waals surface area contributed by atoms with Gasteiger partial charge in [0.1, 0.15) is 5.57 Å². The third-order valence-electron chi connectivity index (χ3n) is 3.20. The van der Waals surface area contributed by atoms with Crippen LogP contribution in [0.25, 0.3) is 0 Å². The number of aliphatic imine (C=N–C) groups is 1. The van der Waals surface area contributed by atoms with Crippen LogP contribution in [0.3, 0.4) is 0 Å². The van der Waals surface area contributed by atoms with Crippen molar-refractivity contribution in [3.8, 4) is 0 Å². The monoisotopic (exact) mass is 256 g/mol. The topological polar surface area (TPSA) is 49.7 Å². The third kappa shape index (κ3) is 2.47. The molecule has 0 atom stereocenters. The smallest absolute Gasteiger partial charge is 0.263 e. The number of benzene rings is 1. The number of aryl methyl sites for hydroxylation is 1. The summed E-state index contributed by atoms with van der Waals surface area (Å²) in [5, 5.41) is 0. The average Bonchev–Trinajstić information content (AvgIpc) is 2.38. The fourth-order valence-corrected chi connectivity index (χ4v) is 2.12. The molecule has 0 aliphatic carbocycles.